The molecule has 0 heterocycles. The maximum atomic E-state index is 11.8. The SMILES string of the molecule is COC(=O)CCSCC(=O)Nc1ccc(OCc2ccccc2)cc1. The van der Waals surface area contributed by atoms with Crippen molar-refractivity contribution in [1.29, 1.82) is 0 Å². The molecule has 25 heavy (non-hydrogen) atoms. The maximum absolute atomic E-state index is 11.8. The summed E-state index contributed by atoms with van der Waals surface area (Å²) in [7, 11) is 1.35. The van der Waals surface area contributed by atoms with E-state index in [4.69, 9.17) is 4.74 Å². The Morgan fingerprint density at radius 3 is 2.44 bits per heavy atom. The number of nitrogens with one attached hydrogen (secondary N) is 1. The lowest BCUT2D eigenvalue weighted by Gasteiger charge is -2.08. The van der Waals surface area contributed by atoms with Crippen molar-refractivity contribution in [3.05, 3.63) is 60.2 Å². The van der Waals surface area contributed by atoms with Crippen LogP contribution in [0, 0.1) is 0 Å². The van der Waals surface area contributed by atoms with Crippen LogP contribution in [0.25, 0.3) is 0 Å². The first kappa shape index (κ1) is 18.9. The van der Waals surface area contributed by atoms with Crippen LogP contribution in [0.2, 0.25) is 0 Å². The third-order valence-corrected chi connectivity index (χ3v) is 4.26. The number of hydrogen-bond acceptors (Lipinski definition) is 5. The molecule has 132 valence electrons. The fourth-order valence-corrected chi connectivity index (χ4v) is 2.71. The van der Waals surface area contributed by atoms with E-state index in [2.05, 4.69) is 10.1 Å². The van der Waals surface area contributed by atoms with Gasteiger partial charge in [0, 0.05) is 11.4 Å². The van der Waals surface area contributed by atoms with Crippen molar-refractivity contribution in [2.45, 2.75) is 13.0 Å². The summed E-state index contributed by atoms with van der Waals surface area (Å²) in [6, 6.07) is 17.2. The van der Waals surface area contributed by atoms with Crippen molar-refractivity contribution in [2.75, 3.05) is 23.9 Å². The van der Waals surface area contributed by atoms with Gasteiger partial charge < -0.3 is 14.8 Å². The lowest BCUT2D eigenvalue weighted by Crippen LogP contribution is -2.14. The van der Waals surface area contributed by atoms with Crippen LogP contribution in [0.4, 0.5) is 5.69 Å². The number of carbonyl (C=O) groups excluding carboxylic acids is 2. The maximum Gasteiger partial charge on any atom is 0.306 e. The number of ether oxygens (including phenoxy) is 2. The largest absolute Gasteiger partial charge is 0.489 e. The number of thioether (sulfide) groups is 1. The van der Waals surface area contributed by atoms with Crippen LogP contribution < -0.4 is 10.1 Å². The lowest BCUT2D eigenvalue weighted by molar-refractivity contribution is -0.140. The van der Waals surface area contributed by atoms with Gasteiger partial charge in [0.1, 0.15) is 12.4 Å². The van der Waals surface area contributed by atoms with Crippen LogP contribution in [0.5, 0.6) is 5.75 Å². The number of anilines is 1. The smallest absolute Gasteiger partial charge is 0.306 e. The molecule has 2 rings (SSSR count). The number of amides is 1. The van der Waals surface area contributed by atoms with Gasteiger partial charge in [0.05, 0.1) is 19.3 Å². The third-order valence-electron chi connectivity index (χ3n) is 3.30. The summed E-state index contributed by atoms with van der Waals surface area (Å²) in [5.74, 6) is 1.23. The molecule has 2 aromatic rings. The molecule has 5 nitrogen and oxygen atoms in total. The standard InChI is InChI=1S/C19H21NO4S/c1-23-19(22)11-12-25-14-18(21)20-16-7-9-17(10-8-16)24-13-15-5-3-2-4-6-15/h2-10H,11-14H2,1H3,(H,20,21). The number of rotatable bonds is 9. The summed E-state index contributed by atoms with van der Waals surface area (Å²) in [5, 5.41) is 2.81. The van der Waals surface area contributed by atoms with Crippen LogP contribution >= 0.6 is 11.8 Å². The number of benzene rings is 2. The van der Waals surface area contributed by atoms with Gasteiger partial charge in [-0.1, -0.05) is 30.3 Å². The van der Waals surface area contributed by atoms with E-state index in [1.54, 1.807) is 12.1 Å². The molecule has 2 aromatic carbocycles. The second kappa shape index (κ2) is 10.4. The molecule has 0 aliphatic heterocycles. The number of esters is 1. The first-order chi connectivity index (χ1) is 12.2. The summed E-state index contributed by atoms with van der Waals surface area (Å²) in [6.45, 7) is 0.503. The van der Waals surface area contributed by atoms with Gasteiger partial charge >= 0.3 is 5.97 Å². The van der Waals surface area contributed by atoms with Crippen molar-refractivity contribution >= 4 is 29.3 Å². The highest BCUT2D eigenvalue weighted by molar-refractivity contribution is 7.99. The summed E-state index contributed by atoms with van der Waals surface area (Å²) >= 11 is 1.40. The summed E-state index contributed by atoms with van der Waals surface area (Å²) in [4.78, 5) is 22.8. The molecule has 1 N–H and O–H groups in total. The van der Waals surface area contributed by atoms with Crippen LogP contribution in [0.1, 0.15) is 12.0 Å². The van der Waals surface area contributed by atoms with Crippen molar-refractivity contribution in [1.82, 2.24) is 0 Å². The van der Waals surface area contributed by atoms with Gasteiger partial charge in [-0.2, -0.15) is 11.8 Å². The molecule has 6 heteroatoms. The third kappa shape index (κ3) is 7.30. The lowest BCUT2D eigenvalue weighted by atomic mass is 10.2. The van der Waals surface area contributed by atoms with Crippen LogP contribution in [0.15, 0.2) is 54.6 Å². The van der Waals surface area contributed by atoms with Gasteiger partial charge in [-0.25, -0.2) is 0 Å². The highest BCUT2D eigenvalue weighted by Crippen LogP contribution is 2.17. The zero-order valence-electron chi connectivity index (χ0n) is 14.1. The Labute approximate surface area is 151 Å². The molecular weight excluding hydrogens is 338 g/mol. The Bertz CT molecular complexity index is 674. The second-order valence-electron chi connectivity index (χ2n) is 5.23. The number of methoxy groups -OCH3 is 1. The quantitative estimate of drug-likeness (QED) is 0.548. The van der Waals surface area contributed by atoms with E-state index in [9.17, 15) is 9.59 Å². The summed E-state index contributed by atoms with van der Waals surface area (Å²) in [5.41, 5.74) is 1.81. The Morgan fingerprint density at radius 2 is 1.76 bits per heavy atom. The molecule has 1 amide bonds. The highest BCUT2D eigenvalue weighted by atomic mass is 32.2. The van der Waals surface area contributed by atoms with Gasteiger partial charge in [-0.15, -0.1) is 0 Å². The van der Waals surface area contributed by atoms with Crippen LogP contribution in [0.3, 0.4) is 0 Å². The monoisotopic (exact) mass is 359 g/mol. The Balaban J connectivity index is 1.70. The average Bonchev–Trinajstić information content (AvgIpc) is 2.65. The Kier molecular flexibility index (Phi) is 7.85. The minimum absolute atomic E-state index is 0.104. The van der Waals surface area contributed by atoms with Gasteiger partial charge in [0.15, 0.2) is 0 Å². The van der Waals surface area contributed by atoms with Crippen LogP contribution in [-0.4, -0.2) is 30.5 Å². The van der Waals surface area contributed by atoms with Crippen molar-refractivity contribution < 1.29 is 19.1 Å². The minimum Gasteiger partial charge on any atom is -0.489 e. The topological polar surface area (TPSA) is 64.6 Å². The molecule has 0 spiro atoms. The van der Waals surface area contributed by atoms with Gasteiger partial charge in [0.25, 0.3) is 0 Å². The highest BCUT2D eigenvalue weighted by Gasteiger charge is 2.05. The normalized spacial score (nSPS) is 10.1. The molecule has 0 unspecified atom stereocenters. The fraction of sp³-hybridized carbons (Fsp3) is 0.263. The van der Waals surface area contributed by atoms with E-state index in [-0.39, 0.29) is 11.9 Å². The number of carbonyl (C=O) groups is 2. The van der Waals surface area contributed by atoms with Crippen LogP contribution in [-0.2, 0) is 20.9 Å². The van der Waals surface area contributed by atoms with Crippen molar-refractivity contribution in [3.8, 4) is 5.75 Å². The molecular formula is C19H21NO4S. The number of hydrogen-bond donors (Lipinski definition) is 1. The van der Waals surface area contributed by atoms with Gasteiger partial charge in [-0.05, 0) is 29.8 Å². The van der Waals surface area contributed by atoms with Gasteiger partial charge in [0.2, 0.25) is 5.91 Å². The molecule has 0 radical (unpaired) electrons. The van der Waals surface area contributed by atoms with E-state index in [1.165, 1.54) is 18.9 Å². The minimum atomic E-state index is -0.265. The average molecular weight is 359 g/mol. The van der Waals surface area contributed by atoms with E-state index in [1.807, 2.05) is 42.5 Å². The first-order valence-corrected chi connectivity index (χ1v) is 9.04. The molecule has 0 saturated heterocycles. The molecule has 0 saturated carbocycles. The Morgan fingerprint density at radius 1 is 1.04 bits per heavy atom. The second-order valence-corrected chi connectivity index (χ2v) is 6.33. The Hall–Kier alpha value is -2.47. The summed E-state index contributed by atoms with van der Waals surface area (Å²) in [6.07, 6.45) is 0.307. The molecule has 0 aliphatic carbocycles. The van der Waals surface area contributed by atoms with Crippen molar-refractivity contribution in [2.24, 2.45) is 0 Å². The van der Waals surface area contributed by atoms with E-state index >= 15 is 0 Å². The fourth-order valence-electron chi connectivity index (χ4n) is 1.99. The molecule has 0 bridgehead atoms. The van der Waals surface area contributed by atoms with Crippen molar-refractivity contribution in [3.63, 3.8) is 0 Å². The first-order valence-electron chi connectivity index (χ1n) is 7.88. The zero-order valence-corrected chi connectivity index (χ0v) is 14.9. The predicted octanol–water partition coefficient (Wildman–Crippen LogP) is 3.50. The zero-order chi connectivity index (χ0) is 17.9. The predicted molar refractivity (Wildman–Crippen MR) is 99.8 cm³/mol. The summed E-state index contributed by atoms with van der Waals surface area (Å²) < 4.78 is 10.3. The molecule has 0 aromatic heterocycles. The van der Waals surface area contributed by atoms with E-state index in [0.29, 0.717) is 30.2 Å². The van der Waals surface area contributed by atoms with E-state index < -0.39 is 0 Å². The van der Waals surface area contributed by atoms with Gasteiger partial charge in [-0.3, -0.25) is 9.59 Å². The molecule has 0 aliphatic rings. The van der Waals surface area contributed by atoms with E-state index in [0.717, 1.165) is 11.3 Å². The molecule has 0 fully saturated rings. The molecule has 0 atom stereocenters.